The summed E-state index contributed by atoms with van der Waals surface area (Å²) < 4.78 is 0. The Kier molecular flexibility index (Phi) is 6.59. The molecule has 0 saturated carbocycles. The lowest BCUT2D eigenvalue weighted by Crippen LogP contribution is -2.35. The van der Waals surface area contributed by atoms with Crippen molar-refractivity contribution in [2.45, 2.75) is 26.7 Å². The zero-order valence-electron chi connectivity index (χ0n) is 14.0. The lowest BCUT2D eigenvalue weighted by Gasteiger charge is -2.25. The van der Waals surface area contributed by atoms with E-state index in [1.165, 1.54) is 0 Å². The number of halogens is 1. The topological polar surface area (TPSA) is 66.6 Å². The predicted octanol–water partition coefficient (Wildman–Crippen LogP) is 2.29. The van der Waals surface area contributed by atoms with E-state index >= 15 is 0 Å². The Morgan fingerprint density at radius 1 is 1.35 bits per heavy atom. The van der Waals surface area contributed by atoms with Crippen LogP contribution in [0.1, 0.15) is 37.0 Å². The SMILES string of the molecule is CCC(=O)N(C)c1ccccc1C(=O)N1CCC(C)(CN)C1.Cl. The molecule has 0 bridgehead atoms. The molecule has 0 spiro atoms. The van der Waals surface area contributed by atoms with Gasteiger partial charge in [0.2, 0.25) is 5.91 Å². The van der Waals surface area contributed by atoms with Crippen LogP contribution in [-0.2, 0) is 4.79 Å². The number of amides is 2. The minimum Gasteiger partial charge on any atom is -0.338 e. The first-order valence-electron chi connectivity index (χ1n) is 7.77. The Labute approximate surface area is 144 Å². The standard InChI is InChI=1S/C17H25N3O2.ClH/c1-4-15(21)19(3)14-8-6-5-7-13(14)16(22)20-10-9-17(2,11-18)12-20;/h5-8H,4,9-12,18H2,1-3H3;1H. The van der Waals surface area contributed by atoms with Gasteiger partial charge in [-0.3, -0.25) is 9.59 Å². The van der Waals surface area contributed by atoms with Crippen LogP contribution in [0.25, 0.3) is 0 Å². The smallest absolute Gasteiger partial charge is 0.255 e. The number of anilines is 1. The van der Waals surface area contributed by atoms with Crippen molar-refractivity contribution in [2.75, 3.05) is 31.6 Å². The van der Waals surface area contributed by atoms with Gasteiger partial charge >= 0.3 is 0 Å². The fraction of sp³-hybridized carbons (Fsp3) is 0.529. The molecule has 1 saturated heterocycles. The molecule has 23 heavy (non-hydrogen) atoms. The zero-order chi connectivity index (χ0) is 16.3. The summed E-state index contributed by atoms with van der Waals surface area (Å²) in [5, 5.41) is 0. The zero-order valence-corrected chi connectivity index (χ0v) is 14.9. The van der Waals surface area contributed by atoms with Crippen LogP contribution in [0.2, 0.25) is 0 Å². The third-order valence-corrected chi connectivity index (χ3v) is 4.51. The normalized spacial score (nSPS) is 20.1. The quantitative estimate of drug-likeness (QED) is 0.915. The summed E-state index contributed by atoms with van der Waals surface area (Å²) in [4.78, 5) is 28.2. The third-order valence-electron chi connectivity index (χ3n) is 4.51. The van der Waals surface area contributed by atoms with E-state index in [1.54, 1.807) is 18.0 Å². The Hall–Kier alpha value is -1.59. The Morgan fingerprint density at radius 2 is 2.00 bits per heavy atom. The lowest BCUT2D eigenvalue weighted by molar-refractivity contribution is -0.118. The van der Waals surface area contributed by atoms with Crippen LogP contribution < -0.4 is 10.6 Å². The molecule has 1 aliphatic rings. The van der Waals surface area contributed by atoms with E-state index < -0.39 is 0 Å². The average molecular weight is 340 g/mol. The summed E-state index contributed by atoms with van der Waals surface area (Å²) in [6.07, 6.45) is 1.33. The number of benzene rings is 1. The van der Waals surface area contributed by atoms with Crippen LogP contribution in [0, 0.1) is 5.41 Å². The summed E-state index contributed by atoms with van der Waals surface area (Å²) in [5.74, 6) is -0.0306. The van der Waals surface area contributed by atoms with Crippen LogP contribution in [0.5, 0.6) is 0 Å². The first-order valence-corrected chi connectivity index (χ1v) is 7.77. The minimum absolute atomic E-state index is 0. The third kappa shape index (κ3) is 4.03. The van der Waals surface area contributed by atoms with E-state index in [4.69, 9.17) is 5.73 Å². The van der Waals surface area contributed by atoms with Gasteiger partial charge in [0.15, 0.2) is 0 Å². The van der Waals surface area contributed by atoms with Crippen molar-refractivity contribution in [3.63, 3.8) is 0 Å². The van der Waals surface area contributed by atoms with Crippen LogP contribution in [0.4, 0.5) is 5.69 Å². The molecule has 1 unspecified atom stereocenters. The van der Waals surface area contributed by atoms with Gasteiger partial charge in [-0.05, 0) is 30.5 Å². The van der Waals surface area contributed by atoms with E-state index in [2.05, 4.69) is 6.92 Å². The number of carbonyl (C=O) groups excluding carboxylic acids is 2. The molecular formula is C17H26ClN3O2. The summed E-state index contributed by atoms with van der Waals surface area (Å²) in [6.45, 7) is 5.89. The highest BCUT2D eigenvalue weighted by atomic mass is 35.5. The number of likely N-dealkylation sites (tertiary alicyclic amines) is 1. The first kappa shape index (κ1) is 19.5. The van der Waals surface area contributed by atoms with Crippen molar-refractivity contribution in [3.8, 4) is 0 Å². The first-order chi connectivity index (χ1) is 10.4. The fourth-order valence-electron chi connectivity index (χ4n) is 2.85. The van der Waals surface area contributed by atoms with Gasteiger partial charge < -0.3 is 15.5 Å². The second kappa shape index (κ2) is 7.79. The fourth-order valence-corrected chi connectivity index (χ4v) is 2.85. The molecule has 0 aromatic heterocycles. The van der Waals surface area contributed by atoms with Gasteiger partial charge in [0.25, 0.3) is 5.91 Å². The molecular weight excluding hydrogens is 314 g/mol. The van der Waals surface area contributed by atoms with Gasteiger partial charge in [0.1, 0.15) is 0 Å². The maximum absolute atomic E-state index is 12.8. The molecule has 1 atom stereocenters. The van der Waals surface area contributed by atoms with Gasteiger partial charge in [-0.15, -0.1) is 12.4 Å². The van der Waals surface area contributed by atoms with Gasteiger partial charge in [0, 0.05) is 26.6 Å². The highest BCUT2D eigenvalue weighted by Gasteiger charge is 2.36. The van der Waals surface area contributed by atoms with Gasteiger partial charge in [-0.2, -0.15) is 0 Å². The highest BCUT2D eigenvalue weighted by Crippen LogP contribution is 2.31. The molecule has 1 heterocycles. The molecule has 1 aromatic rings. The van der Waals surface area contributed by atoms with Gasteiger partial charge in [0.05, 0.1) is 11.3 Å². The maximum atomic E-state index is 12.8. The number of hydrogen-bond acceptors (Lipinski definition) is 3. The predicted molar refractivity (Wildman–Crippen MR) is 95.1 cm³/mol. The number of nitrogens with zero attached hydrogens (tertiary/aromatic N) is 2. The molecule has 128 valence electrons. The summed E-state index contributed by atoms with van der Waals surface area (Å²) >= 11 is 0. The van der Waals surface area contributed by atoms with Crippen LogP contribution in [0.3, 0.4) is 0 Å². The molecule has 2 N–H and O–H groups in total. The van der Waals surface area contributed by atoms with Crippen molar-refractivity contribution >= 4 is 29.9 Å². The molecule has 2 amide bonds. The summed E-state index contributed by atoms with van der Waals surface area (Å²) in [7, 11) is 1.71. The number of nitrogens with two attached hydrogens (primary N) is 1. The minimum atomic E-state index is -0.0245. The van der Waals surface area contributed by atoms with Crippen LogP contribution in [0.15, 0.2) is 24.3 Å². The number of carbonyl (C=O) groups is 2. The second-order valence-electron chi connectivity index (χ2n) is 6.31. The Balaban J connectivity index is 0.00000264. The summed E-state index contributed by atoms with van der Waals surface area (Å²) in [5.41, 5.74) is 7.05. The van der Waals surface area contributed by atoms with Crippen LogP contribution >= 0.6 is 12.4 Å². The Morgan fingerprint density at radius 3 is 2.57 bits per heavy atom. The van der Waals surface area contributed by atoms with Gasteiger partial charge in [-0.25, -0.2) is 0 Å². The molecule has 5 nitrogen and oxygen atoms in total. The largest absolute Gasteiger partial charge is 0.338 e. The average Bonchev–Trinajstić information content (AvgIpc) is 2.95. The molecule has 0 radical (unpaired) electrons. The number of para-hydroxylation sites is 1. The number of rotatable bonds is 4. The molecule has 0 aliphatic carbocycles. The van der Waals surface area contributed by atoms with E-state index in [9.17, 15) is 9.59 Å². The lowest BCUT2D eigenvalue weighted by atomic mass is 9.90. The van der Waals surface area contributed by atoms with Crippen molar-refractivity contribution in [2.24, 2.45) is 11.1 Å². The molecule has 1 aromatic carbocycles. The van der Waals surface area contributed by atoms with Crippen molar-refractivity contribution in [1.82, 2.24) is 4.90 Å². The monoisotopic (exact) mass is 339 g/mol. The van der Waals surface area contributed by atoms with E-state index in [0.29, 0.717) is 37.3 Å². The highest BCUT2D eigenvalue weighted by molar-refractivity contribution is 6.04. The molecule has 1 aliphatic heterocycles. The van der Waals surface area contributed by atoms with Crippen molar-refractivity contribution < 1.29 is 9.59 Å². The maximum Gasteiger partial charge on any atom is 0.255 e. The molecule has 2 rings (SSSR count). The van der Waals surface area contributed by atoms with Gasteiger partial charge in [-0.1, -0.05) is 26.0 Å². The number of hydrogen-bond donors (Lipinski definition) is 1. The van der Waals surface area contributed by atoms with Crippen molar-refractivity contribution in [3.05, 3.63) is 29.8 Å². The van der Waals surface area contributed by atoms with E-state index in [-0.39, 0.29) is 29.6 Å². The Bertz CT molecular complexity index is 579. The van der Waals surface area contributed by atoms with E-state index in [1.807, 2.05) is 30.0 Å². The second-order valence-corrected chi connectivity index (χ2v) is 6.31. The molecule has 6 heteroatoms. The van der Waals surface area contributed by atoms with Crippen LogP contribution in [-0.4, -0.2) is 43.4 Å². The van der Waals surface area contributed by atoms with Crippen molar-refractivity contribution in [1.29, 1.82) is 0 Å². The summed E-state index contributed by atoms with van der Waals surface area (Å²) in [6, 6.07) is 7.28. The van der Waals surface area contributed by atoms with E-state index in [0.717, 1.165) is 6.42 Å². The molecule has 1 fully saturated rings.